The van der Waals surface area contributed by atoms with E-state index in [0.29, 0.717) is 25.2 Å². The molecule has 1 aliphatic heterocycles. The van der Waals surface area contributed by atoms with Crippen LogP contribution in [0.3, 0.4) is 0 Å². The van der Waals surface area contributed by atoms with Gasteiger partial charge in [0.05, 0.1) is 0 Å². The minimum Gasteiger partial charge on any atom is -0.326 e. The van der Waals surface area contributed by atoms with Crippen molar-refractivity contribution < 1.29 is 12.8 Å². The lowest BCUT2D eigenvalue weighted by molar-refractivity contribution is 0.159. The van der Waals surface area contributed by atoms with Crippen molar-refractivity contribution >= 4 is 10.0 Å². The molecule has 1 aromatic carbocycles. The highest BCUT2D eigenvalue weighted by Gasteiger charge is 2.32. The summed E-state index contributed by atoms with van der Waals surface area (Å²) in [6.45, 7) is 3.51. The molecule has 1 fully saturated rings. The third kappa shape index (κ3) is 2.85. The quantitative estimate of drug-likeness (QED) is 0.888. The summed E-state index contributed by atoms with van der Waals surface area (Å²) in [4.78, 5) is 1.80. The molecule has 7 heteroatoms. The van der Waals surface area contributed by atoms with Crippen LogP contribution < -0.4 is 5.73 Å². The molecule has 0 bridgehead atoms. The van der Waals surface area contributed by atoms with Crippen LogP contribution in [0.1, 0.15) is 12.5 Å². The lowest BCUT2D eigenvalue weighted by atomic mass is 10.2. The molecular formula is C13H20FN3O2S. The number of nitrogens with two attached hydrogens (primary N) is 1. The highest BCUT2D eigenvalue weighted by molar-refractivity contribution is 7.89. The normalized spacial score (nSPS) is 22.1. The van der Waals surface area contributed by atoms with Crippen molar-refractivity contribution in [3.63, 3.8) is 0 Å². The fourth-order valence-electron chi connectivity index (χ4n) is 2.24. The van der Waals surface area contributed by atoms with Crippen LogP contribution in [-0.2, 0) is 16.6 Å². The van der Waals surface area contributed by atoms with Crippen molar-refractivity contribution in [3.8, 4) is 0 Å². The first kappa shape index (κ1) is 15.4. The summed E-state index contributed by atoms with van der Waals surface area (Å²) in [7, 11) is -1.86. The molecular weight excluding hydrogens is 281 g/mol. The molecule has 112 valence electrons. The maximum atomic E-state index is 13.9. The Hall–Kier alpha value is -1.02. The van der Waals surface area contributed by atoms with Crippen molar-refractivity contribution in [2.24, 2.45) is 5.73 Å². The number of halogens is 1. The lowest BCUT2D eigenvalue weighted by Gasteiger charge is -2.36. The molecule has 0 amide bonds. The average Bonchev–Trinajstić information content (AvgIpc) is 2.42. The SMILES string of the molecule is CC1CN(S(=O)(=O)c2cc(CN)ccc2F)CCN1C. The first-order valence-corrected chi connectivity index (χ1v) is 7.99. The highest BCUT2D eigenvalue weighted by atomic mass is 32.2. The number of piperazine rings is 1. The monoisotopic (exact) mass is 301 g/mol. The molecule has 5 nitrogen and oxygen atoms in total. The molecule has 2 rings (SSSR count). The molecule has 20 heavy (non-hydrogen) atoms. The molecule has 0 saturated carbocycles. The van der Waals surface area contributed by atoms with E-state index in [2.05, 4.69) is 4.90 Å². The number of rotatable bonds is 3. The maximum absolute atomic E-state index is 13.9. The number of likely N-dealkylation sites (N-methyl/N-ethyl adjacent to an activating group) is 1. The number of hydrogen-bond acceptors (Lipinski definition) is 4. The third-order valence-corrected chi connectivity index (χ3v) is 5.65. The Morgan fingerprint density at radius 3 is 2.70 bits per heavy atom. The van der Waals surface area contributed by atoms with Crippen molar-refractivity contribution in [3.05, 3.63) is 29.6 Å². The standard InChI is InChI=1S/C13H20FN3O2S/c1-10-9-17(6-5-16(10)2)20(18,19)13-7-11(8-15)3-4-12(13)14/h3-4,7,10H,5-6,8-9,15H2,1-2H3. The molecule has 1 heterocycles. The summed E-state index contributed by atoms with van der Waals surface area (Å²) in [5, 5.41) is 0. The zero-order valence-electron chi connectivity index (χ0n) is 11.7. The van der Waals surface area contributed by atoms with Crippen LogP contribution in [0.5, 0.6) is 0 Å². The van der Waals surface area contributed by atoms with Gasteiger partial charge in [-0.15, -0.1) is 0 Å². The second-order valence-corrected chi connectivity index (χ2v) is 7.07. The summed E-state index contributed by atoms with van der Waals surface area (Å²) in [5.74, 6) is -0.728. The fourth-order valence-corrected chi connectivity index (χ4v) is 3.87. The third-order valence-electron chi connectivity index (χ3n) is 3.77. The first-order chi connectivity index (χ1) is 9.36. The second-order valence-electron chi connectivity index (χ2n) is 5.16. The molecule has 1 unspecified atom stereocenters. The van der Waals surface area contributed by atoms with E-state index in [1.807, 2.05) is 14.0 Å². The zero-order valence-corrected chi connectivity index (χ0v) is 12.5. The van der Waals surface area contributed by atoms with Gasteiger partial charge in [-0.1, -0.05) is 6.07 Å². The van der Waals surface area contributed by atoms with Crippen molar-refractivity contribution in [2.75, 3.05) is 26.7 Å². The Labute approximate surface area is 119 Å². The molecule has 1 aromatic rings. The van der Waals surface area contributed by atoms with Crippen LogP contribution in [0.25, 0.3) is 0 Å². The van der Waals surface area contributed by atoms with E-state index >= 15 is 0 Å². The Balaban J connectivity index is 2.35. The summed E-state index contributed by atoms with van der Waals surface area (Å²) < 4.78 is 40.3. The van der Waals surface area contributed by atoms with E-state index in [1.54, 1.807) is 0 Å². The fraction of sp³-hybridized carbons (Fsp3) is 0.538. The molecule has 0 aliphatic carbocycles. The van der Waals surface area contributed by atoms with Gasteiger partial charge in [0.2, 0.25) is 10.0 Å². The van der Waals surface area contributed by atoms with Gasteiger partial charge in [-0.3, -0.25) is 0 Å². The molecule has 1 aliphatic rings. The van der Waals surface area contributed by atoms with Gasteiger partial charge < -0.3 is 10.6 Å². The van der Waals surface area contributed by atoms with Crippen LogP contribution in [-0.4, -0.2) is 50.3 Å². The van der Waals surface area contributed by atoms with E-state index in [9.17, 15) is 12.8 Å². The van der Waals surface area contributed by atoms with Crippen LogP contribution in [0, 0.1) is 5.82 Å². The van der Waals surface area contributed by atoms with Crippen LogP contribution in [0.2, 0.25) is 0 Å². The smallest absolute Gasteiger partial charge is 0.246 e. The minimum absolute atomic E-state index is 0.110. The van der Waals surface area contributed by atoms with Gasteiger partial charge in [0.25, 0.3) is 0 Å². The van der Waals surface area contributed by atoms with Gasteiger partial charge in [-0.25, -0.2) is 12.8 Å². The van der Waals surface area contributed by atoms with Crippen LogP contribution >= 0.6 is 0 Å². The second kappa shape index (κ2) is 5.77. The van der Waals surface area contributed by atoms with E-state index in [0.717, 1.165) is 6.07 Å². The highest BCUT2D eigenvalue weighted by Crippen LogP contribution is 2.23. The van der Waals surface area contributed by atoms with Crippen molar-refractivity contribution in [1.82, 2.24) is 9.21 Å². The van der Waals surface area contributed by atoms with Gasteiger partial charge in [0.1, 0.15) is 10.7 Å². The average molecular weight is 301 g/mol. The Morgan fingerprint density at radius 2 is 2.10 bits per heavy atom. The minimum atomic E-state index is -3.81. The summed E-state index contributed by atoms with van der Waals surface area (Å²) >= 11 is 0. The van der Waals surface area contributed by atoms with Crippen LogP contribution in [0.15, 0.2) is 23.1 Å². The maximum Gasteiger partial charge on any atom is 0.246 e. The summed E-state index contributed by atoms with van der Waals surface area (Å²) in [5.41, 5.74) is 6.10. The zero-order chi connectivity index (χ0) is 14.9. The number of nitrogens with zero attached hydrogens (tertiary/aromatic N) is 2. The molecule has 0 aromatic heterocycles. The van der Waals surface area contributed by atoms with E-state index in [-0.39, 0.29) is 17.5 Å². The Bertz CT molecular complexity index is 591. The predicted molar refractivity (Wildman–Crippen MR) is 75.1 cm³/mol. The lowest BCUT2D eigenvalue weighted by Crippen LogP contribution is -2.51. The van der Waals surface area contributed by atoms with Crippen molar-refractivity contribution in [2.45, 2.75) is 24.4 Å². The van der Waals surface area contributed by atoms with Gasteiger partial charge in [0, 0.05) is 32.2 Å². The Morgan fingerprint density at radius 1 is 1.40 bits per heavy atom. The topological polar surface area (TPSA) is 66.6 Å². The van der Waals surface area contributed by atoms with E-state index in [4.69, 9.17) is 5.73 Å². The van der Waals surface area contributed by atoms with E-state index < -0.39 is 15.8 Å². The van der Waals surface area contributed by atoms with Crippen molar-refractivity contribution in [1.29, 1.82) is 0 Å². The first-order valence-electron chi connectivity index (χ1n) is 6.55. The Kier molecular flexibility index (Phi) is 4.43. The van der Waals surface area contributed by atoms with Crippen LogP contribution in [0.4, 0.5) is 4.39 Å². The summed E-state index contributed by atoms with van der Waals surface area (Å²) in [6, 6.07) is 4.10. The van der Waals surface area contributed by atoms with Gasteiger partial charge in [-0.05, 0) is 31.7 Å². The number of benzene rings is 1. The largest absolute Gasteiger partial charge is 0.326 e. The number of hydrogen-bond donors (Lipinski definition) is 1. The van der Waals surface area contributed by atoms with Gasteiger partial charge >= 0.3 is 0 Å². The predicted octanol–water partition coefficient (Wildman–Crippen LogP) is 0.609. The molecule has 1 atom stereocenters. The van der Waals surface area contributed by atoms with E-state index in [1.165, 1.54) is 16.4 Å². The molecule has 1 saturated heterocycles. The summed E-state index contributed by atoms with van der Waals surface area (Å²) in [6.07, 6.45) is 0. The number of sulfonamides is 1. The molecule has 0 spiro atoms. The molecule has 2 N–H and O–H groups in total. The molecule has 0 radical (unpaired) electrons. The van der Waals surface area contributed by atoms with Gasteiger partial charge in [0.15, 0.2) is 0 Å². The van der Waals surface area contributed by atoms with Gasteiger partial charge in [-0.2, -0.15) is 4.31 Å².